The molecular weight excluding hydrogens is 450 g/mol. The van der Waals surface area contributed by atoms with Gasteiger partial charge in [0.15, 0.2) is 27.6 Å². The number of aliphatic hydroxyl groups excluding tert-OH is 1. The van der Waals surface area contributed by atoms with Crippen molar-refractivity contribution in [2.45, 2.75) is 13.0 Å². The monoisotopic (exact) mass is 469 g/mol. The molecule has 0 spiro atoms. The van der Waals surface area contributed by atoms with Crippen molar-refractivity contribution in [1.29, 1.82) is 0 Å². The minimum atomic E-state index is -1.10. The summed E-state index contributed by atoms with van der Waals surface area (Å²) in [4.78, 5) is 24.0. The number of hydrogen-bond donors (Lipinski definition) is 3. The Balaban J connectivity index is 1.38. The van der Waals surface area contributed by atoms with Gasteiger partial charge in [0.25, 0.3) is 0 Å². The van der Waals surface area contributed by atoms with Gasteiger partial charge in [0.2, 0.25) is 0 Å². The van der Waals surface area contributed by atoms with Crippen LogP contribution in [-0.4, -0.2) is 62.6 Å². The normalized spacial score (nSPS) is 13.9. The van der Waals surface area contributed by atoms with Crippen molar-refractivity contribution in [3.63, 3.8) is 0 Å². The van der Waals surface area contributed by atoms with E-state index >= 15 is 0 Å². The number of para-hydroxylation sites is 1. The molecular formula is C20H19N7O3S2. The topological polar surface area (TPSA) is 128 Å². The first kappa shape index (κ1) is 20.5. The van der Waals surface area contributed by atoms with Crippen LogP contribution in [-0.2, 0) is 0 Å². The van der Waals surface area contributed by atoms with Crippen LogP contribution in [0.5, 0.6) is 0 Å². The standard InChI is InChI=1S/C20H19N7O3S2/c1-10-7-14(24-25-16(10)23-19-21-12-5-3-4-6-13(12)31-19)26(2)20-22-15(18(29)30)17(32-20)27-8-11(28)9-27/h3-7,11,28H,8-9H2,1-2H3,(H,29,30)(H,21,23,25). The van der Waals surface area contributed by atoms with E-state index in [1.54, 1.807) is 11.9 Å². The Labute approximate surface area is 190 Å². The molecule has 4 heterocycles. The van der Waals surface area contributed by atoms with Crippen LogP contribution >= 0.6 is 22.7 Å². The largest absolute Gasteiger partial charge is 0.476 e. The van der Waals surface area contributed by atoms with Crippen molar-refractivity contribution >= 4 is 65.8 Å². The van der Waals surface area contributed by atoms with Crippen LogP contribution < -0.4 is 15.1 Å². The predicted octanol–water partition coefficient (Wildman–Crippen LogP) is 3.24. The highest BCUT2D eigenvalue weighted by Crippen LogP contribution is 2.38. The van der Waals surface area contributed by atoms with Crippen molar-refractivity contribution in [1.82, 2.24) is 20.2 Å². The Kier molecular flexibility index (Phi) is 5.12. The maximum Gasteiger partial charge on any atom is 0.357 e. The Morgan fingerprint density at radius 2 is 2.00 bits per heavy atom. The summed E-state index contributed by atoms with van der Waals surface area (Å²) in [7, 11) is 1.77. The van der Waals surface area contributed by atoms with Gasteiger partial charge in [-0.05, 0) is 30.7 Å². The van der Waals surface area contributed by atoms with E-state index in [0.717, 1.165) is 20.9 Å². The molecule has 3 aromatic heterocycles. The smallest absolute Gasteiger partial charge is 0.357 e. The number of thiazole rings is 2. The summed E-state index contributed by atoms with van der Waals surface area (Å²) in [5.41, 5.74) is 1.76. The molecule has 5 rings (SSSR count). The molecule has 1 saturated heterocycles. The maximum absolute atomic E-state index is 11.7. The molecule has 10 nitrogen and oxygen atoms in total. The molecule has 0 bridgehead atoms. The third kappa shape index (κ3) is 3.72. The van der Waals surface area contributed by atoms with Gasteiger partial charge in [-0.25, -0.2) is 14.8 Å². The number of hydrogen-bond acceptors (Lipinski definition) is 11. The molecule has 0 atom stereocenters. The first-order valence-electron chi connectivity index (χ1n) is 9.77. The number of aromatic carboxylic acids is 1. The molecule has 0 radical (unpaired) electrons. The molecule has 0 amide bonds. The first-order valence-corrected chi connectivity index (χ1v) is 11.4. The fraction of sp³-hybridized carbons (Fsp3) is 0.250. The van der Waals surface area contributed by atoms with Gasteiger partial charge in [-0.3, -0.25) is 0 Å². The molecule has 3 N–H and O–H groups in total. The molecule has 12 heteroatoms. The summed E-state index contributed by atoms with van der Waals surface area (Å²) < 4.78 is 1.08. The molecule has 0 saturated carbocycles. The third-order valence-electron chi connectivity index (χ3n) is 5.07. The highest BCUT2D eigenvalue weighted by atomic mass is 32.1. The molecule has 4 aromatic rings. The molecule has 1 fully saturated rings. The van der Waals surface area contributed by atoms with Crippen LogP contribution in [0.2, 0.25) is 0 Å². The van der Waals surface area contributed by atoms with E-state index in [1.807, 2.05) is 42.2 Å². The van der Waals surface area contributed by atoms with Gasteiger partial charge in [-0.2, -0.15) is 0 Å². The quantitative estimate of drug-likeness (QED) is 0.387. The zero-order valence-corrected chi connectivity index (χ0v) is 18.8. The van der Waals surface area contributed by atoms with Crippen LogP contribution in [0, 0.1) is 6.92 Å². The number of rotatable bonds is 6. The highest BCUT2D eigenvalue weighted by molar-refractivity contribution is 7.22. The van der Waals surface area contributed by atoms with Crippen molar-refractivity contribution in [2.24, 2.45) is 0 Å². The number of nitrogens with zero attached hydrogens (tertiary/aromatic N) is 6. The van der Waals surface area contributed by atoms with E-state index in [4.69, 9.17) is 0 Å². The number of carboxylic acid groups (broad SMARTS) is 1. The minimum absolute atomic E-state index is 0.0254. The van der Waals surface area contributed by atoms with Gasteiger partial charge in [0.1, 0.15) is 5.00 Å². The summed E-state index contributed by atoms with van der Waals surface area (Å²) in [6.45, 7) is 2.71. The molecule has 164 valence electrons. The van der Waals surface area contributed by atoms with E-state index in [-0.39, 0.29) is 5.69 Å². The zero-order chi connectivity index (χ0) is 22.4. The Bertz CT molecular complexity index is 1280. The van der Waals surface area contributed by atoms with E-state index < -0.39 is 12.1 Å². The lowest BCUT2D eigenvalue weighted by Gasteiger charge is -2.36. The van der Waals surface area contributed by atoms with E-state index in [9.17, 15) is 15.0 Å². The number of nitrogens with one attached hydrogen (secondary N) is 1. The second-order valence-electron chi connectivity index (χ2n) is 7.42. The van der Waals surface area contributed by atoms with E-state index in [2.05, 4.69) is 25.5 Å². The molecule has 1 aromatic carbocycles. The third-order valence-corrected chi connectivity index (χ3v) is 7.22. The number of benzene rings is 1. The summed E-state index contributed by atoms with van der Waals surface area (Å²) in [6.07, 6.45) is -0.441. The average Bonchev–Trinajstić information content (AvgIpc) is 3.36. The Morgan fingerprint density at radius 1 is 1.22 bits per heavy atom. The Hall–Kier alpha value is -3.35. The van der Waals surface area contributed by atoms with Crippen molar-refractivity contribution in [3.8, 4) is 0 Å². The predicted molar refractivity (Wildman–Crippen MR) is 125 cm³/mol. The lowest BCUT2D eigenvalue weighted by atomic mass is 10.2. The Morgan fingerprint density at radius 3 is 2.69 bits per heavy atom. The minimum Gasteiger partial charge on any atom is -0.476 e. The fourth-order valence-corrected chi connectivity index (χ4v) is 5.22. The second kappa shape index (κ2) is 7.97. The number of aryl methyl sites for hydroxylation is 1. The number of aliphatic hydroxyl groups is 1. The van der Waals surface area contributed by atoms with Crippen LogP contribution in [0.4, 0.5) is 26.9 Å². The van der Waals surface area contributed by atoms with Gasteiger partial charge in [-0.1, -0.05) is 34.8 Å². The van der Waals surface area contributed by atoms with Crippen molar-refractivity contribution in [2.75, 3.05) is 35.3 Å². The SMILES string of the molecule is Cc1cc(N(C)c2nc(C(=O)O)c(N3CC(O)C3)s2)nnc1Nc1nc2ccccc2s1. The lowest BCUT2D eigenvalue weighted by Crippen LogP contribution is -2.50. The van der Waals surface area contributed by atoms with Gasteiger partial charge >= 0.3 is 5.97 Å². The van der Waals surface area contributed by atoms with Gasteiger partial charge in [0, 0.05) is 20.1 Å². The summed E-state index contributed by atoms with van der Waals surface area (Å²) in [5, 5.41) is 32.7. The summed E-state index contributed by atoms with van der Waals surface area (Å²) in [6, 6.07) is 9.76. The van der Waals surface area contributed by atoms with Crippen LogP contribution in [0.3, 0.4) is 0 Å². The van der Waals surface area contributed by atoms with E-state index in [0.29, 0.717) is 34.9 Å². The molecule has 0 unspecified atom stereocenters. The van der Waals surface area contributed by atoms with Crippen molar-refractivity contribution < 1.29 is 15.0 Å². The zero-order valence-electron chi connectivity index (χ0n) is 17.2. The highest BCUT2D eigenvalue weighted by Gasteiger charge is 2.32. The number of β-amino-alcohol motifs (C(OH)–C–C–N with tert-alkyl or cyclic N) is 1. The van der Waals surface area contributed by atoms with Gasteiger partial charge < -0.3 is 25.3 Å². The molecule has 0 aliphatic carbocycles. The lowest BCUT2D eigenvalue weighted by molar-refractivity contribution is 0.0690. The van der Waals surface area contributed by atoms with Gasteiger partial charge in [0.05, 0.1) is 16.3 Å². The van der Waals surface area contributed by atoms with Crippen LogP contribution in [0.15, 0.2) is 30.3 Å². The number of anilines is 5. The molecule has 1 aliphatic heterocycles. The number of aromatic nitrogens is 4. The van der Waals surface area contributed by atoms with Crippen LogP contribution in [0.1, 0.15) is 16.1 Å². The summed E-state index contributed by atoms with van der Waals surface area (Å²) >= 11 is 2.79. The van der Waals surface area contributed by atoms with Crippen LogP contribution in [0.25, 0.3) is 10.2 Å². The summed E-state index contributed by atoms with van der Waals surface area (Å²) in [5.74, 6) is 0.0370. The average molecular weight is 470 g/mol. The number of carbonyl (C=O) groups is 1. The maximum atomic E-state index is 11.7. The van der Waals surface area contributed by atoms with Gasteiger partial charge in [-0.15, -0.1) is 10.2 Å². The molecule has 32 heavy (non-hydrogen) atoms. The van der Waals surface area contributed by atoms with Crippen molar-refractivity contribution in [3.05, 3.63) is 41.6 Å². The molecule has 1 aliphatic rings. The number of fused-ring (bicyclic) bond motifs is 1. The van der Waals surface area contributed by atoms with E-state index in [1.165, 1.54) is 22.7 Å². The first-order chi connectivity index (χ1) is 15.4. The second-order valence-corrected chi connectivity index (χ2v) is 9.41. The number of carboxylic acids is 1. The fourth-order valence-electron chi connectivity index (χ4n) is 3.30.